The Morgan fingerprint density at radius 2 is 2.06 bits per heavy atom. The van der Waals surface area contributed by atoms with Gasteiger partial charge in [0.05, 0.1) is 7.11 Å². The highest BCUT2D eigenvalue weighted by atomic mass is 19.3. The molecule has 0 aliphatic carbocycles. The van der Waals surface area contributed by atoms with Crippen LogP contribution in [0.4, 0.5) is 8.78 Å². The van der Waals surface area contributed by atoms with Gasteiger partial charge in [-0.3, -0.25) is 0 Å². The van der Waals surface area contributed by atoms with Crippen LogP contribution < -0.4 is 4.74 Å². The number of benzene rings is 1. The number of hydrogen-bond acceptors (Lipinski definition) is 4. The average molecular weight is 246 g/mol. The Hall–Kier alpha value is -1.69. The summed E-state index contributed by atoms with van der Waals surface area (Å²) in [6, 6.07) is 5.94. The number of rotatable bonds is 5. The number of carbonyl (C=O) groups excluding carboxylic acids is 1. The van der Waals surface area contributed by atoms with Crippen LogP contribution in [0.25, 0.3) is 0 Å². The van der Waals surface area contributed by atoms with E-state index in [-0.39, 0.29) is 12.2 Å². The van der Waals surface area contributed by atoms with Gasteiger partial charge in [0.2, 0.25) is 0 Å². The zero-order chi connectivity index (χ0) is 12.8. The first-order valence-electron chi connectivity index (χ1n) is 4.83. The molecule has 4 nitrogen and oxygen atoms in total. The van der Waals surface area contributed by atoms with E-state index in [2.05, 4.69) is 9.47 Å². The normalized spacial score (nSPS) is 12.3. The maximum atomic E-state index is 12.1. The molecule has 1 aromatic carbocycles. The van der Waals surface area contributed by atoms with Crippen molar-refractivity contribution >= 4 is 5.97 Å². The Morgan fingerprint density at radius 3 is 2.65 bits per heavy atom. The fourth-order valence-electron chi connectivity index (χ4n) is 1.31. The second-order valence-corrected chi connectivity index (χ2v) is 3.23. The molecule has 6 heteroatoms. The Balaban J connectivity index is 2.79. The number of carbonyl (C=O) groups is 1. The first-order valence-corrected chi connectivity index (χ1v) is 4.83. The van der Waals surface area contributed by atoms with Crippen LogP contribution in [0, 0.1) is 0 Å². The van der Waals surface area contributed by atoms with Gasteiger partial charge in [-0.25, -0.2) is 4.79 Å². The Labute approximate surface area is 96.8 Å². The summed E-state index contributed by atoms with van der Waals surface area (Å²) in [6.07, 6.45) is -1.54. The van der Waals surface area contributed by atoms with Crippen molar-refractivity contribution in [1.29, 1.82) is 0 Å². The number of ether oxygens (including phenoxy) is 2. The number of halogens is 2. The predicted octanol–water partition coefficient (Wildman–Crippen LogP) is 1.36. The molecule has 0 heterocycles. The first-order chi connectivity index (χ1) is 8.04. The van der Waals surface area contributed by atoms with Crippen molar-refractivity contribution in [1.82, 2.24) is 0 Å². The van der Waals surface area contributed by atoms with Crippen LogP contribution in [0.2, 0.25) is 0 Å². The van der Waals surface area contributed by atoms with Crippen LogP contribution in [0.3, 0.4) is 0 Å². The second-order valence-electron chi connectivity index (χ2n) is 3.23. The summed E-state index contributed by atoms with van der Waals surface area (Å²) in [6.45, 7) is -2.95. The molecule has 0 saturated heterocycles. The largest absolute Gasteiger partial charge is 0.467 e. The summed E-state index contributed by atoms with van der Waals surface area (Å²) in [5.41, 5.74) is 0.311. The summed E-state index contributed by atoms with van der Waals surface area (Å²) in [5, 5.41) is 9.41. The van der Waals surface area contributed by atoms with Crippen molar-refractivity contribution in [2.75, 3.05) is 7.11 Å². The minimum atomic E-state index is -2.95. The molecule has 0 aliphatic rings. The minimum absolute atomic E-state index is 0.0644. The number of alkyl halides is 2. The smallest absolute Gasteiger partial charge is 0.387 e. The Bertz CT molecular complexity index is 381. The lowest BCUT2D eigenvalue weighted by molar-refractivity contribution is -0.150. The zero-order valence-corrected chi connectivity index (χ0v) is 9.10. The van der Waals surface area contributed by atoms with E-state index < -0.39 is 18.7 Å². The van der Waals surface area contributed by atoms with Gasteiger partial charge in [-0.05, 0) is 11.6 Å². The van der Waals surface area contributed by atoms with Crippen molar-refractivity contribution < 1.29 is 28.2 Å². The fraction of sp³-hybridized carbons (Fsp3) is 0.364. The maximum Gasteiger partial charge on any atom is 0.387 e. The standard InChI is InChI=1S/C11H12F2O4/c1-16-10(15)8(14)6-7-4-2-3-5-9(7)17-11(12)13/h2-5,8,11,14H,6H2,1H3. The molecule has 1 N–H and O–H groups in total. The fourth-order valence-corrected chi connectivity index (χ4v) is 1.31. The molecule has 94 valence electrons. The Kier molecular flexibility index (Phi) is 4.84. The minimum Gasteiger partial charge on any atom is -0.467 e. The van der Waals surface area contributed by atoms with E-state index in [1.807, 2.05) is 0 Å². The highest BCUT2D eigenvalue weighted by Gasteiger charge is 2.18. The van der Waals surface area contributed by atoms with E-state index in [1.165, 1.54) is 18.2 Å². The summed E-state index contributed by atoms with van der Waals surface area (Å²) in [4.78, 5) is 11.0. The third-order valence-electron chi connectivity index (χ3n) is 2.08. The molecule has 1 aromatic rings. The van der Waals surface area contributed by atoms with Gasteiger partial charge in [0.1, 0.15) is 5.75 Å². The van der Waals surface area contributed by atoms with Gasteiger partial charge >= 0.3 is 12.6 Å². The van der Waals surface area contributed by atoms with Crippen LogP contribution in [-0.2, 0) is 16.0 Å². The van der Waals surface area contributed by atoms with Crippen LogP contribution in [0.1, 0.15) is 5.56 Å². The molecule has 0 radical (unpaired) electrons. The highest BCUT2D eigenvalue weighted by molar-refractivity contribution is 5.74. The van der Waals surface area contributed by atoms with Crippen LogP contribution >= 0.6 is 0 Å². The molecule has 0 saturated carbocycles. The summed E-state index contributed by atoms with van der Waals surface area (Å²) >= 11 is 0. The second kappa shape index (κ2) is 6.15. The SMILES string of the molecule is COC(=O)C(O)Cc1ccccc1OC(F)F. The van der Waals surface area contributed by atoms with Gasteiger partial charge in [-0.15, -0.1) is 0 Å². The van der Waals surface area contributed by atoms with E-state index in [9.17, 15) is 18.7 Å². The van der Waals surface area contributed by atoms with Crippen molar-refractivity contribution in [3.8, 4) is 5.75 Å². The van der Waals surface area contributed by atoms with Gasteiger partial charge in [0, 0.05) is 6.42 Å². The number of para-hydroxylation sites is 1. The highest BCUT2D eigenvalue weighted by Crippen LogP contribution is 2.21. The third-order valence-corrected chi connectivity index (χ3v) is 2.08. The lowest BCUT2D eigenvalue weighted by Gasteiger charge is -2.12. The first kappa shape index (κ1) is 13.4. The van der Waals surface area contributed by atoms with Crippen LogP contribution in [0.5, 0.6) is 5.75 Å². The van der Waals surface area contributed by atoms with Crippen molar-refractivity contribution in [2.45, 2.75) is 19.1 Å². The zero-order valence-electron chi connectivity index (χ0n) is 9.10. The third kappa shape index (κ3) is 3.99. The molecule has 0 aliphatic heterocycles. The van der Waals surface area contributed by atoms with E-state index in [4.69, 9.17) is 0 Å². The van der Waals surface area contributed by atoms with Crippen LogP contribution in [-0.4, -0.2) is 30.9 Å². The monoisotopic (exact) mass is 246 g/mol. The molecule has 17 heavy (non-hydrogen) atoms. The summed E-state index contributed by atoms with van der Waals surface area (Å²) < 4.78 is 32.8. The van der Waals surface area contributed by atoms with E-state index in [0.29, 0.717) is 5.56 Å². The van der Waals surface area contributed by atoms with Crippen molar-refractivity contribution in [2.24, 2.45) is 0 Å². The molecule has 0 fully saturated rings. The lowest BCUT2D eigenvalue weighted by atomic mass is 10.1. The number of aliphatic hydroxyl groups excluding tert-OH is 1. The molecule has 0 aromatic heterocycles. The topological polar surface area (TPSA) is 55.8 Å². The number of aliphatic hydroxyl groups is 1. The van der Waals surface area contributed by atoms with E-state index in [1.54, 1.807) is 6.07 Å². The number of methoxy groups -OCH3 is 1. The summed E-state index contributed by atoms with van der Waals surface area (Å²) in [5.74, 6) is -0.887. The van der Waals surface area contributed by atoms with Crippen LogP contribution in [0.15, 0.2) is 24.3 Å². The van der Waals surface area contributed by atoms with E-state index >= 15 is 0 Å². The Morgan fingerprint density at radius 1 is 1.41 bits per heavy atom. The van der Waals surface area contributed by atoms with Gasteiger partial charge in [-0.1, -0.05) is 18.2 Å². The lowest BCUT2D eigenvalue weighted by Crippen LogP contribution is -2.24. The maximum absolute atomic E-state index is 12.1. The molecule has 0 bridgehead atoms. The quantitative estimate of drug-likeness (QED) is 0.797. The number of esters is 1. The van der Waals surface area contributed by atoms with Gasteiger partial charge in [0.15, 0.2) is 6.10 Å². The molecular weight excluding hydrogens is 234 g/mol. The molecule has 0 amide bonds. The number of hydrogen-bond donors (Lipinski definition) is 1. The molecule has 1 rings (SSSR count). The van der Waals surface area contributed by atoms with Gasteiger partial charge in [0.25, 0.3) is 0 Å². The average Bonchev–Trinajstić information content (AvgIpc) is 2.29. The summed E-state index contributed by atoms with van der Waals surface area (Å²) in [7, 11) is 1.13. The van der Waals surface area contributed by atoms with Crippen molar-refractivity contribution in [3.63, 3.8) is 0 Å². The van der Waals surface area contributed by atoms with Gasteiger partial charge < -0.3 is 14.6 Å². The predicted molar refractivity (Wildman–Crippen MR) is 54.8 cm³/mol. The molecule has 0 spiro atoms. The molecule has 1 atom stereocenters. The van der Waals surface area contributed by atoms with E-state index in [0.717, 1.165) is 7.11 Å². The molecule has 1 unspecified atom stereocenters. The van der Waals surface area contributed by atoms with Gasteiger partial charge in [-0.2, -0.15) is 8.78 Å². The molecular formula is C11H12F2O4. The van der Waals surface area contributed by atoms with Crippen molar-refractivity contribution in [3.05, 3.63) is 29.8 Å².